The van der Waals surface area contributed by atoms with E-state index in [-0.39, 0.29) is 18.7 Å². The molecule has 1 aromatic carbocycles. The second-order valence-electron chi connectivity index (χ2n) is 4.46. The smallest absolute Gasteiger partial charge is 0.193 e. The van der Waals surface area contributed by atoms with Crippen molar-refractivity contribution >= 4 is 44.1 Å². The molecule has 0 radical (unpaired) electrons. The summed E-state index contributed by atoms with van der Waals surface area (Å²) in [6.07, 6.45) is 0.188. The monoisotopic (exact) mass is 359 g/mol. The normalized spacial score (nSPS) is 10.7. The van der Waals surface area contributed by atoms with Crippen molar-refractivity contribution in [2.45, 2.75) is 13.0 Å². The number of rotatable bonds is 4. The zero-order valence-corrected chi connectivity index (χ0v) is 13.3. The zero-order chi connectivity index (χ0) is 14.8. The molecule has 104 valence electrons. The number of hydrogen-bond donors (Lipinski definition) is 0. The summed E-state index contributed by atoms with van der Waals surface area (Å²) in [7, 11) is 0. The van der Waals surface area contributed by atoms with Crippen molar-refractivity contribution in [3.05, 3.63) is 50.9 Å². The minimum absolute atomic E-state index is 0.0132. The summed E-state index contributed by atoms with van der Waals surface area (Å²) >= 11 is 4.79. The van der Waals surface area contributed by atoms with E-state index in [0.29, 0.717) is 10.7 Å². The van der Waals surface area contributed by atoms with Gasteiger partial charge in [0.15, 0.2) is 5.78 Å². The number of carbonyl (C=O) groups excluding carboxylic acids is 1. The number of Topliss-reactive ketones (excluding diaryl/α,β-unsaturated/α-hetero) is 1. The van der Waals surface area contributed by atoms with Crippen LogP contribution >= 0.6 is 27.3 Å². The maximum Gasteiger partial charge on any atom is 0.193 e. The number of nitrogens with zero attached hydrogens (tertiary/aromatic N) is 3. The molecule has 0 atom stereocenters. The summed E-state index contributed by atoms with van der Waals surface area (Å²) in [6.45, 7) is 0.191. The average Bonchev–Trinajstić information content (AvgIpc) is 3.04. The molecule has 0 unspecified atom stereocenters. The number of ketones is 1. The van der Waals surface area contributed by atoms with E-state index in [1.165, 1.54) is 11.3 Å². The van der Waals surface area contributed by atoms with Gasteiger partial charge in [0.1, 0.15) is 5.82 Å². The van der Waals surface area contributed by atoms with Crippen LogP contribution in [0, 0.1) is 11.3 Å². The summed E-state index contributed by atoms with van der Waals surface area (Å²) in [5.74, 6) is 0.638. The molecule has 4 nitrogen and oxygen atoms in total. The van der Waals surface area contributed by atoms with Crippen LogP contribution in [0.5, 0.6) is 0 Å². The van der Waals surface area contributed by atoms with Gasteiger partial charge < -0.3 is 4.57 Å². The SMILES string of the molecule is N#CCc1nc2ccccc2n1CC(=O)c1sccc1Br. The minimum atomic E-state index is 0.0132. The number of aromatic nitrogens is 2. The fraction of sp³-hybridized carbons (Fsp3) is 0.133. The van der Waals surface area contributed by atoms with Crippen molar-refractivity contribution in [1.82, 2.24) is 9.55 Å². The van der Waals surface area contributed by atoms with Gasteiger partial charge in [0.05, 0.1) is 34.9 Å². The van der Waals surface area contributed by atoms with E-state index >= 15 is 0 Å². The molecule has 0 amide bonds. The molecule has 0 saturated heterocycles. The number of para-hydroxylation sites is 2. The lowest BCUT2D eigenvalue weighted by atomic mass is 10.3. The molecule has 0 aliphatic rings. The molecule has 3 rings (SSSR count). The van der Waals surface area contributed by atoms with E-state index in [0.717, 1.165) is 15.5 Å². The molecule has 0 fully saturated rings. The standard InChI is InChI=1S/C15H10BrN3OS/c16-10-6-8-21-15(10)13(20)9-19-12-4-2-1-3-11(12)18-14(19)5-7-17/h1-4,6,8H,5,9H2. The van der Waals surface area contributed by atoms with Crippen LogP contribution in [0.4, 0.5) is 0 Å². The molecule has 0 aliphatic carbocycles. The highest BCUT2D eigenvalue weighted by Gasteiger charge is 2.17. The molecule has 0 bridgehead atoms. The Morgan fingerprint density at radius 2 is 2.19 bits per heavy atom. The quantitative estimate of drug-likeness (QED) is 0.665. The van der Waals surface area contributed by atoms with E-state index in [1.54, 1.807) is 0 Å². The number of hydrogen-bond acceptors (Lipinski definition) is 4. The van der Waals surface area contributed by atoms with Gasteiger partial charge in [-0.1, -0.05) is 12.1 Å². The maximum absolute atomic E-state index is 12.4. The first-order chi connectivity index (χ1) is 10.2. The topological polar surface area (TPSA) is 58.7 Å². The second kappa shape index (κ2) is 5.80. The first-order valence-corrected chi connectivity index (χ1v) is 7.95. The summed E-state index contributed by atoms with van der Waals surface area (Å²) in [5, 5.41) is 10.8. The number of imidazole rings is 1. The fourth-order valence-corrected chi connectivity index (χ4v) is 3.74. The Morgan fingerprint density at radius 1 is 1.38 bits per heavy atom. The van der Waals surface area contributed by atoms with Crippen molar-refractivity contribution in [3.63, 3.8) is 0 Å². The molecule has 0 N–H and O–H groups in total. The Morgan fingerprint density at radius 3 is 2.90 bits per heavy atom. The second-order valence-corrected chi connectivity index (χ2v) is 6.23. The zero-order valence-electron chi connectivity index (χ0n) is 10.9. The Kier molecular flexibility index (Phi) is 3.86. The highest BCUT2D eigenvalue weighted by molar-refractivity contribution is 9.10. The molecule has 3 aromatic rings. The number of benzene rings is 1. The van der Waals surface area contributed by atoms with Crippen molar-refractivity contribution in [2.75, 3.05) is 0 Å². The van der Waals surface area contributed by atoms with Crippen LogP contribution < -0.4 is 0 Å². The van der Waals surface area contributed by atoms with Crippen LogP contribution in [0.25, 0.3) is 11.0 Å². The third-order valence-electron chi connectivity index (χ3n) is 3.14. The number of carbonyl (C=O) groups is 1. The van der Waals surface area contributed by atoms with Crippen LogP contribution in [0.15, 0.2) is 40.2 Å². The van der Waals surface area contributed by atoms with Gasteiger partial charge in [-0.05, 0) is 39.5 Å². The van der Waals surface area contributed by atoms with E-state index in [9.17, 15) is 4.79 Å². The molecular weight excluding hydrogens is 350 g/mol. The first kappa shape index (κ1) is 14.0. The molecule has 0 saturated carbocycles. The minimum Gasteiger partial charge on any atom is -0.319 e. The van der Waals surface area contributed by atoms with Gasteiger partial charge in [-0.25, -0.2) is 4.98 Å². The van der Waals surface area contributed by atoms with Crippen LogP contribution in [-0.4, -0.2) is 15.3 Å². The van der Waals surface area contributed by atoms with Gasteiger partial charge in [0.25, 0.3) is 0 Å². The first-order valence-electron chi connectivity index (χ1n) is 6.28. The summed E-state index contributed by atoms with van der Waals surface area (Å²) in [4.78, 5) is 17.6. The van der Waals surface area contributed by atoms with Crippen molar-refractivity contribution in [1.29, 1.82) is 5.26 Å². The Labute approximate surface area is 133 Å². The third-order valence-corrected chi connectivity index (χ3v) is 5.02. The predicted molar refractivity (Wildman–Crippen MR) is 85.4 cm³/mol. The van der Waals surface area contributed by atoms with Gasteiger partial charge in [0, 0.05) is 4.47 Å². The third kappa shape index (κ3) is 2.62. The Bertz CT molecular complexity index is 859. The van der Waals surface area contributed by atoms with E-state index < -0.39 is 0 Å². The van der Waals surface area contributed by atoms with Gasteiger partial charge in [0.2, 0.25) is 0 Å². The fourth-order valence-electron chi connectivity index (χ4n) is 2.22. The average molecular weight is 360 g/mol. The molecule has 0 spiro atoms. The number of nitriles is 1. The van der Waals surface area contributed by atoms with Crippen molar-refractivity contribution in [3.8, 4) is 6.07 Å². The molecule has 2 aromatic heterocycles. The van der Waals surface area contributed by atoms with Crippen molar-refractivity contribution in [2.24, 2.45) is 0 Å². The number of halogens is 1. The van der Waals surface area contributed by atoms with Gasteiger partial charge in [-0.3, -0.25) is 4.79 Å². The number of fused-ring (bicyclic) bond motifs is 1. The van der Waals surface area contributed by atoms with Gasteiger partial charge in [-0.15, -0.1) is 11.3 Å². The van der Waals surface area contributed by atoms with E-state index in [1.807, 2.05) is 40.3 Å². The molecular formula is C15H10BrN3OS. The van der Waals surface area contributed by atoms with Crippen LogP contribution in [-0.2, 0) is 13.0 Å². The lowest BCUT2D eigenvalue weighted by Crippen LogP contribution is -2.12. The van der Waals surface area contributed by atoms with Gasteiger partial charge >= 0.3 is 0 Å². The summed E-state index contributed by atoms with van der Waals surface area (Å²) < 4.78 is 2.64. The molecule has 2 heterocycles. The largest absolute Gasteiger partial charge is 0.319 e. The maximum atomic E-state index is 12.4. The number of thiophene rings is 1. The summed E-state index contributed by atoms with van der Waals surface area (Å²) in [6, 6.07) is 11.6. The lowest BCUT2D eigenvalue weighted by Gasteiger charge is -2.06. The van der Waals surface area contributed by atoms with Crippen molar-refractivity contribution < 1.29 is 4.79 Å². The van der Waals surface area contributed by atoms with E-state index in [4.69, 9.17) is 5.26 Å². The molecule has 21 heavy (non-hydrogen) atoms. The van der Waals surface area contributed by atoms with Gasteiger partial charge in [-0.2, -0.15) is 5.26 Å². The predicted octanol–water partition coefficient (Wildman–Crippen LogP) is 3.81. The summed E-state index contributed by atoms with van der Waals surface area (Å²) in [5.41, 5.74) is 1.68. The van der Waals surface area contributed by atoms with Crippen LogP contribution in [0.1, 0.15) is 15.5 Å². The highest BCUT2D eigenvalue weighted by atomic mass is 79.9. The molecule has 0 aliphatic heterocycles. The Hall–Kier alpha value is -1.97. The lowest BCUT2D eigenvalue weighted by molar-refractivity contribution is 0.0975. The molecule has 6 heteroatoms. The van der Waals surface area contributed by atoms with E-state index in [2.05, 4.69) is 27.0 Å². The highest BCUT2D eigenvalue weighted by Crippen LogP contribution is 2.25. The van der Waals surface area contributed by atoms with Crippen LogP contribution in [0.3, 0.4) is 0 Å². The Balaban J connectivity index is 2.03. The van der Waals surface area contributed by atoms with Crippen LogP contribution in [0.2, 0.25) is 0 Å².